The lowest BCUT2D eigenvalue weighted by molar-refractivity contribution is -0.153. The van der Waals surface area contributed by atoms with Gasteiger partial charge < -0.3 is 14.0 Å². The van der Waals surface area contributed by atoms with Gasteiger partial charge in [-0.1, -0.05) is 6.92 Å². The molecule has 1 aromatic heterocycles. The summed E-state index contributed by atoms with van der Waals surface area (Å²) in [5.41, 5.74) is -0.736. The molecule has 0 saturated carbocycles. The van der Waals surface area contributed by atoms with Crippen molar-refractivity contribution in [2.45, 2.75) is 45.6 Å². The van der Waals surface area contributed by atoms with Gasteiger partial charge >= 0.3 is 11.7 Å². The molecule has 2 heterocycles. The normalized spacial score (nSPS) is 26.6. The number of nitrogens with zero attached hydrogens (tertiary/aromatic N) is 1. The van der Waals surface area contributed by atoms with Gasteiger partial charge in [0.05, 0.1) is 13.2 Å². The molecule has 1 aliphatic heterocycles. The molecule has 1 fully saturated rings. The van der Waals surface area contributed by atoms with Crippen LogP contribution in [0.15, 0.2) is 15.8 Å². The molecule has 0 aromatic carbocycles. The number of esters is 1. The lowest BCUT2D eigenvalue weighted by Crippen LogP contribution is -2.38. The minimum Gasteiger partial charge on any atom is -0.457 e. The van der Waals surface area contributed by atoms with Gasteiger partial charge in [0.15, 0.2) is 12.3 Å². The van der Waals surface area contributed by atoms with Gasteiger partial charge in [-0.05, 0) is 26.7 Å². The number of H-pyrrole nitrogens is 1. The molecule has 1 saturated heterocycles. The van der Waals surface area contributed by atoms with Crippen LogP contribution in [0.3, 0.4) is 0 Å². The number of carbonyl (C=O) groups is 1. The maximum atomic E-state index is 12.2. The van der Waals surface area contributed by atoms with Crippen LogP contribution in [0.2, 0.25) is 0 Å². The monoisotopic (exact) mass is 372 g/mol. The number of aryl methyl sites for hydroxylation is 1. The summed E-state index contributed by atoms with van der Waals surface area (Å²) in [5.74, 6) is -0.656. The number of aromatic nitrogens is 2. The number of ether oxygens (including phenoxy) is 2. The number of rotatable bonds is 5. The Morgan fingerprint density at radius 1 is 1.40 bits per heavy atom. The lowest BCUT2D eigenvalue weighted by atomic mass is 9.98. The van der Waals surface area contributed by atoms with Crippen molar-refractivity contribution >= 4 is 13.1 Å². The van der Waals surface area contributed by atoms with Gasteiger partial charge in [-0.15, -0.1) is 0 Å². The molecular formula is C16H25N2O6P. The van der Waals surface area contributed by atoms with Gasteiger partial charge in [-0.25, -0.2) is 4.79 Å². The molecule has 1 aliphatic rings. The van der Waals surface area contributed by atoms with Crippen LogP contribution in [0.25, 0.3) is 0 Å². The topological polar surface area (TPSA) is 107 Å². The van der Waals surface area contributed by atoms with Crippen LogP contribution in [0.4, 0.5) is 0 Å². The fourth-order valence-electron chi connectivity index (χ4n) is 2.98. The molecule has 0 bridgehead atoms. The van der Waals surface area contributed by atoms with Crippen LogP contribution in [-0.4, -0.2) is 47.2 Å². The van der Waals surface area contributed by atoms with E-state index >= 15 is 0 Å². The molecular weight excluding hydrogens is 347 g/mol. The molecule has 8 nitrogen and oxygen atoms in total. The Hall–Kier alpha value is -1.66. The molecule has 1 aromatic rings. The smallest absolute Gasteiger partial charge is 0.330 e. The number of nitrogens with one attached hydrogen (secondary N) is 1. The highest BCUT2D eigenvalue weighted by Gasteiger charge is 2.45. The fourth-order valence-corrected chi connectivity index (χ4v) is 3.85. The van der Waals surface area contributed by atoms with E-state index in [-0.39, 0.29) is 12.0 Å². The van der Waals surface area contributed by atoms with E-state index in [1.807, 2.05) is 6.92 Å². The van der Waals surface area contributed by atoms with Crippen molar-refractivity contribution < 1.29 is 18.8 Å². The predicted molar refractivity (Wildman–Crippen MR) is 93.6 cm³/mol. The molecule has 1 N–H and O–H groups in total. The molecule has 2 rings (SSSR count). The molecule has 0 aliphatic carbocycles. The van der Waals surface area contributed by atoms with E-state index in [1.165, 1.54) is 17.7 Å². The summed E-state index contributed by atoms with van der Waals surface area (Å²) in [6.45, 7) is 8.17. The zero-order valence-electron chi connectivity index (χ0n) is 15.1. The molecule has 9 heteroatoms. The van der Waals surface area contributed by atoms with Crippen molar-refractivity contribution in [2.24, 2.45) is 5.92 Å². The van der Waals surface area contributed by atoms with E-state index in [0.717, 1.165) is 0 Å². The first kappa shape index (κ1) is 19.7. The van der Waals surface area contributed by atoms with E-state index in [2.05, 4.69) is 4.98 Å². The zero-order chi connectivity index (χ0) is 18.9. The Kier molecular flexibility index (Phi) is 5.74. The third-order valence-corrected chi connectivity index (χ3v) is 5.71. The van der Waals surface area contributed by atoms with E-state index in [1.54, 1.807) is 20.3 Å². The summed E-state index contributed by atoms with van der Waals surface area (Å²) in [4.78, 5) is 37.5. The summed E-state index contributed by atoms with van der Waals surface area (Å²) < 4.78 is 24.6. The number of hydrogen-bond donors (Lipinski definition) is 1. The quantitative estimate of drug-likeness (QED) is 0.617. The second-order valence-electron chi connectivity index (χ2n) is 7.06. The van der Waals surface area contributed by atoms with E-state index in [0.29, 0.717) is 18.1 Å². The highest BCUT2D eigenvalue weighted by molar-refractivity contribution is 7.62. The molecule has 25 heavy (non-hydrogen) atoms. The number of hydrogen-bond acceptors (Lipinski definition) is 6. The summed E-state index contributed by atoms with van der Waals surface area (Å²) in [6.07, 6.45) is 0.639. The van der Waals surface area contributed by atoms with Crippen LogP contribution in [0, 0.1) is 12.8 Å². The van der Waals surface area contributed by atoms with Gasteiger partial charge in [-0.2, -0.15) is 0 Å². The minimum absolute atomic E-state index is 0.181. The van der Waals surface area contributed by atoms with Crippen LogP contribution >= 0.6 is 7.14 Å². The maximum absolute atomic E-state index is 12.2. The summed E-state index contributed by atoms with van der Waals surface area (Å²) in [6, 6.07) is 0. The molecule has 0 amide bonds. The molecule has 0 radical (unpaired) electrons. The van der Waals surface area contributed by atoms with Crippen LogP contribution in [-0.2, 0) is 18.8 Å². The molecule has 0 spiro atoms. The Labute approximate surface area is 145 Å². The first-order valence-corrected chi connectivity index (χ1v) is 11.0. The highest BCUT2D eigenvalue weighted by Crippen LogP contribution is 2.42. The maximum Gasteiger partial charge on any atom is 0.330 e. The van der Waals surface area contributed by atoms with Gasteiger partial charge in [0.2, 0.25) is 0 Å². The molecule has 4 atom stereocenters. The zero-order valence-corrected chi connectivity index (χ0v) is 16.0. The van der Waals surface area contributed by atoms with E-state index in [9.17, 15) is 18.9 Å². The predicted octanol–water partition coefficient (Wildman–Crippen LogP) is 1.32. The van der Waals surface area contributed by atoms with Crippen molar-refractivity contribution in [1.29, 1.82) is 0 Å². The largest absolute Gasteiger partial charge is 0.457 e. The van der Waals surface area contributed by atoms with Gasteiger partial charge in [0, 0.05) is 30.8 Å². The SMILES string of the molecule is CC(=O)O[C@@H]1[C@H](C)[C@@H](CCP(C)(C)=O)O[C@H]1n1cc(C)c(=O)[nH]c1=O. The Morgan fingerprint density at radius 3 is 2.60 bits per heavy atom. The fraction of sp³-hybridized carbons (Fsp3) is 0.688. The summed E-state index contributed by atoms with van der Waals surface area (Å²) >= 11 is 0. The standard InChI is InChI=1S/C16H25N2O6P/c1-9-8-18(16(21)17-14(9)20)15-13(23-11(3)19)10(2)12(24-15)6-7-25(4,5)22/h8,10,12-13,15H,6-7H2,1-5H3,(H,17,20,21)/t10-,12-,13-,15-/m1/s1. The highest BCUT2D eigenvalue weighted by atomic mass is 31.2. The van der Waals surface area contributed by atoms with Gasteiger partial charge in [0.1, 0.15) is 0 Å². The van der Waals surface area contributed by atoms with E-state index in [4.69, 9.17) is 9.47 Å². The second-order valence-corrected chi connectivity index (χ2v) is 10.7. The van der Waals surface area contributed by atoms with Crippen molar-refractivity contribution in [3.8, 4) is 0 Å². The van der Waals surface area contributed by atoms with Gasteiger partial charge in [0.25, 0.3) is 5.56 Å². The van der Waals surface area contributed by atoms with Crippen LogP contribution in [0.1, 0.15) is 32.1 Å². The van der Waals surface area contributed by atoms with Crippen molar-refractivity contribution in [1.82, 2.24) is 9.55 Å². The lowest BCUT2D eigenvalue weighted by Gasteiger charge is -2.22. The second kappa shape index (κ2) is 7.30. The average molecular weight is 372 g/mol. The molecule has 0 unspecified atom stereocenters. The number of aromatic amines is 1. The summed E-state index contributed by atoms with van der Waals surface area (Å²) in [5, 5.41) is 0. The van der Waals surface area contributed by atoms with Crippen molar-refractivity contribution in [3.05, 3.63) is 32.6 Å². The van der Waals surface area contributed by atoms with Crippen molar-refractivity contribution in [2.75, 3.05) is 19.5 Å². The first-order chi connectivity index (χ1) is 11.5. The molecule has 140 valence electrons. The Bertz CT molecular complexity index is 808. The van der Waals surface area contributed by atoms with Crippen LogP contribution in [0.5, 0.6) is 0 Å². The first-order valence-electron chi connectivity index (χ1n) is 8.18. The third kappa shape index (κ3) is 4.70. The summed E-state index contributed by atoms with van der Waals surface area (Å²) in [7, 11) is -2.21. The van der Waals surface area contributed by atoms with Gasteiger partial charge in [-0.3, -0.25) is 19.1 Å². The Morgan fingerprint density at radius 2 is 2.04 bits per heavy atom. The third-order valence-electron chi connectivity index (χ3n) is 4.37. The average Bonchev–Trinajstić information content (AvgIpc) is 2.76. The minimum atomic E-state index is -2.21. The van der Waals surface area contributed by atoms with E-state index < -0.39 is 36.7 Å². The van der Waals surface area contributed by atoms with Crippen LogP contribution < -0.4 is 11.2 Å². The Balaban J connectivity index is 2.35. The number of carbonyl (C=O) groups excluding carboxylic acids is 1. The van der Waals surface area contributed by atoms with Crippen molar-refractivity contribution in [3.63, 3.8) is 0 Å².